The fraction of sp³-hybridized carbons (Fsp3) is 0.391. The number of carbonyl (C=O) groups is 1. The third kappa shape index (κ3) is 5.53. The van der Waals surface area contributed by atoms with Crippen LogP contribution in [0.5, 0.6) is 0 Å². The quantitative estimate of drug-likeness (QED) is 0.417. The van der Waals surface area contributed by atoms with Crippen molar-refractivity contribution in [2.24, 2.45) is 4.99 Å². The molecule has 0 aliphatic heterocycles. The molecule has 0 bridgehead atoms. The molecule has 0 radical (unpaired) electrons. The maximum Gasteiger partial charge on any atom is 0.279 e. The number of ether oxygens (including phenoxy) is 1. The molecule has 0 aliphatic rings. The average Bonchev–Trinajstić information content (AvgIpc) is 3.14. The van der Waals surface area contributed by atoms with Crippen molar-refractivity contribution < 1.29 is 17.9 Å². The summed E-state index contributed by atoms with van der Waals surface area (Å²) in [4.78, 5) is 17.9. The minimum absolute atomic E-state index is 0.168. The number of hydrogen-bond acceptors (Lipinski definition) is 5. The number of amides is 1. The van der Waals surface area contributed by atoms with Crippen molar-refractivity contribution in [3.05, 3.63) is 58.9 Å². The number of unbranched alkanes of at least 4 members (excludes halogenated alkanes) is 1. The summed E-state index contributed by atoms with van der Waals surface area (Å²) in [5.41, 5.74) is 1.34. The monoisotopic (exact) mass is 475 g/mol. The highest BCUT2D eigenvalue weighted by molar-refractivity contribution is 7.89. The van der Waals surface area contributed by atoms with Gasteiger partial charge in [-0.05, 0) is 49.7 Å². The Hall–Kier alpha value is -2.33. The Labute approximate surface area is 193 Å². The molecule has 1 amide bonds. The van der Waals surface area contributed by atoms with E-state index < -0.39 is 15.9 Å². The fourth-order valence-electron chi connectivity index (χ4n) is 3.22. The number of aromatic nitrogens is 1. The number of nitrogens with zero attached hydrogens (tertiary/aromatic N) is 3. The van der Waals surface area contributed by atoms with Crippen LogP contribution in [0, 0.1) is 0 Å². The normalized spacial score (nSPS) is 12.7. The van der Waals surface area contributed by atoms with Crippen LogP contribution in [0.1, 0.15) is 37.0 Å². The van der Waals surface area contributed by atoms with E-state index in [2.05, 4.69) is 4.99 Å². The van der Waals surface area contributed by atoms with Crippen LogP contribution >= 0.6 is 11.3 Å². The first kappa shape index (κ1) is 24.3. The van der Waals surface area contributed by atoms with Gasteiger partial charge in [0.15, 0.2) is 4.80 Å². The van der Waals surface area contributed by atoms with E-state index >= 15 is 0 Å². The number of hydrogen-bond donors (Lipinski definition) is 0. The Morgan fingerprint density at radius 3 is 2.53 bits per heavy atom. The van der Waals surface area contributed by atoms with E-state index in [1.54, 1.807) is 7.05 Å². The molecule has 0 fully saturated rings. The first-order valence-electron chi connectivity index (χ1n) is 10.7. The molecule has 2 aromatic carbocycles. The van der Waals surface area contributed by atoms with E-state index in [1.165, 1.54) is 39.9 Å². The molecule has 9 heteroatoms. The van der Waals surface area contributed by atoms with Crippen LogP contribution in [0.2, 0.25) is 0 Å². The van der Waals surface area contributed by atoms with Crippen molar-refractivity contribution in [3.63, 3.8) is 0 Å². The molecule has 0 aliphatic carbocycles. The molecular formula is C23H29N3O4S2. The highest BCUT2D eigenvalue weighted by Crippen LogP contribution is 2.18. The van der Waals surface area contributed by atoms with Crippen LogP contribution in [0.25, 0.3) is 10.2 Å². The van der Waals surface area contributed by atoms with Crippen LogP contribution in [-0.2, 0) is 21.3 Å². The Kier molecular flexibility index (Phi) is 8.36. The number of sulfonamides is 1. The van der Waals surface area contributed by atoms with Gasteiger partial charge in [0.2, 0.25) is 10.0 Å². The van der Waals surface area contributed by atoms with Crippen LogP contribution in [-0.4, -0.2) is 50.0 Å². The van der Waals surface area contributed by atoms with Crippen LogP contribution in [0.4, 0.5) is 0 Å². The maximum atomic E-state index is 12.8. The van der Waals surface area contributed by atoms with E-state index in [9.17, 15) is 13.2 Å². The Morgan fingerprint density at radius 1 is 1.12 bits per heavy atom. The zero-order valence-electron chi connectivity index (χ0n) is 18.7. The smallest absolute Gasteiger partial charge is 0.279 e. The van der Waals surface area contributed by atoms with Crippen molar-refractivity contribution in [2.45, 2.75) is 38.1 Å². The van der Waals surface area contributed by atoms with Gasteiger partial charge in [0, 0.05) is 32.3 Å². The molecule has 1 heterocycles. The van der Waals surface area contributed by atoms with Gasteiger partial charge < -0.3 is 9.30 Å². The zero-order valence-corrected chi connectivity index (χ0v) is 20.3. The minimum Gasteiger partial charge on any atom is -0.380 e. The lowest BCUT2D eigenvalue weighted by atomic mass is 10.2. The molecule has 172 valence electrons. The standard InChI is InChI=1S/C23H29N3O4S2/c1-4-6-15-25(3)32(28,29)19-13-11-18(12-14-19)22(27)24-23-26(16-17-30-5-2)20-9-7-8-10-21(20)31-23/h7-14H,4-6,15-17H2,1-3H3. The van der Waals surface area contributed by atoms with E-state index in [-0.39, 0.29) is 4.90 Å². The number of para-hydroxylation sites is 1. The van der Waals surface area contributed by atoms with Gasteiger partial charge in [-0.25, -0.2) is 12.7 Å². The summed E-state index contributed by atoms with van der Waals surface area (Å²) < 4.78 is 35.2. The topological polar surface area (TPSA) is 81.0 Å². The summed E-state index contributed by atoms with van der Waals surface area (Å²) in [6, 6.07) is 13.9. The van der Waals surface area contributed by atoms with E-state index in [1.807, 2.05) is 42.7 Å². The first-order chi connectivity index (χ1) is 15.4. The van der Waals surface area contributed by atoms with Gasteiger partial charge in [0.1, 0.15) is 0 Å². The lowest BCUT2D eigenvalue weighted by molar-refractivity contribution is 0.0996. The summed E-state index contributed by atoms with van der Waals surface area (Å²) in [5, 5.41) is 0. The minimum atomic E-state index is -3.57. The summed E-state index contributed by atoms with van der Waals surface area (Å²) >= 11 is 1.44. The number of fused-ring (bicyclic) bond motifs is 1. The van der Waals surface area contributed by atoms with Crippen LogP contribution in [0.3, 0.4) is 0 Å². The van der Waals surface area contributed by atoms with Crippen molar-refractivity contribution in [3.8, 4) is 0 Å². The lowest BCUT2D eigenvalue weighted by Gasteiger charge is -2.16. The summed E-state index contributed by atoms with van der Waals surface area (Å²) in [5.74, 6) is -0.412. The van der Waals surface area contributed by atoms with Crippen molar-refractivity contribution in [1.29, 1.82) is 0 Å². The fourth-order valence-corrected chi connectivity index (χ4v) is 5.49. The van der Waals surface area contributed by atoms with Crippen molar-refractivity contribution in [2.75, 3.05) is 26.8 Å². The second-order valence-electron chi connectivity index (χ2n) is 7.32. The molecule has 0 unspecified atom stereocenters. The SMILES string of the molecule is CCCCN(C)S(=O)(=O)c1ccc(C(=O)N=c2sc3ccccc3n2CCOCC)cc1. The van der Waals surface area contributed by atoms with Gasteiger partial charge in [0.05, 0.1) is 21.7 Å². The average molecular weight is 476 g/mol. The molecule has 7 nitrogen and oxygen atoms in total. The van der Waals surface area contributed by atoms with E-state index in [0.29, 0.717) is 36.7 Å². The molecule has 0 atom stereocenters. The maximum absolute atomic E-state index is 12.8. The molecule has 0 saturated carbocycles. The van der Waals surface area contributed by atoms with Gasteiger partial charge in [-0.3, -0.25) is 4.79 Å². The first-order valence-corrected chi connectivity index (χ1v) is 13.0. The second kappa shape index (κ2) is 11.0. The predicted octanol–water partition coefficient (Wildman–Crippen LogP) is 3.90. The Bertz CT molecular complexity index is 1230. The number of rotatable bonds is 10. The molecule has 0 saturated heterocycles. The molecular weight excluding hydrogens is 446 g/mol. The molecule has 1 aromatic heterocycles. The molecule has 3 aromatic rings. The number of benzene rings is 2. The summed E-state index contributed by atoms with van der Waals surface area (Å²) in [7, 11) is -2.00. The van der Waals surface area contributed by atoms with E-state index in [4.69, 9.17) is 4.74 Å². The molecule has 0 spiro atoms. The predicted molar refractivity (Wildman–Crippen MR) is 127 cm³/mol. The Morgan fingerprint density at radius 2 is 1.84 bits per heavy atom. The third-order valence-corrected chi connectivity index (χ3v) is 8.02. The van der Waals surface area contributed by atoms with Crippen LogP contribution in [0.15, 0.2) is 58.4 Å². The third-order valence-electron chi connectivity index (χ3n) is 5.08. The highest BCUT2D eigenvalue weighted by atomic mass is 32.2. The number of thiazole rings is 1. The number of carbonyl (C=O) groups excluding carboxylic acids is 1. The zero-order chi connectivity index (χ0) is 23.1. The van der Waals surface area contributed by atoms with Gasteiger partial charge in [0.25, 0.3) is 5.91 Å². The lowest BCUT2D eigenvalue weighted by Crippen LogP contribution is -2.27. The van der Waals surface area contributed by atoms with Crippen LogP contribution < -0.4 is 4.80 Å². The second-order valence-corrected chi connectivity index (χ2v) is 10.4. The van der Waals surface area contributed by atoms with Gasteiger partial charge in [-0.2, -0.15) is 4.99 Å². The summed E-state index contributed by atoms with van der Waals surface area (Å²) in [6.07, 6.45) is 1.71. The molecule has 0 N–H and O–H groups in total. The van der Waals surface area contributed by atoms with Crippen molar-refractivity contribution >= 4 is 37.5 Å². The molecule has 32 heavy (non-hydrogen) atoms. The van der Waals surface area contributed by atoms with Gasteiger partial charge in [-0.15, -0.1) is 0 Å². The van der Waals surface area contributed by atoms with Crippen molar-refractivity contribution in [1.82, 2.24) is 8.87 Å². The Balaban J connectivity index is 1.88. The van der Waals surface area contributed by atoms with Gasteiger partial charge in [-0.1, -0.05) is 36.8 Å². The summed E-state index contributed by atoms with van der Waals surface area (Å²) in [6.45, 7) is 6.15. The highest BCUT2D eigenvalue weighted by Gasteiger charge is 2.20. The van der Waals surface area contributed by atoms with Gasteiger partial charge >= 0.3 is 0 Å². The molecule has 3 rings (SSSR count). The van der Waals surface area contributed by atoms with E-state index in [0.717, 1.165) is 23.1 Å². The largest absolute Gasteiger partial charge is 0.380 e.